The van der Waals surface area contributed by atoms with E-state index in [1.165, 1.54) is 4.31 Å². The normalized spacial score (nSPS) is 31.6. The number of nitrogens with zero attached hydrogens (tertiary/aromatic N) is 1. The summed E-state index contributed by atoms with van der Waals surface area (Å²) in [6.45, 7) is 0. The number of aliphatic hydroxyl groups excluding tert-OH is 1. The maximum absolute atomic E-state index is 12.2. The van der Waals surface area contributed by atoms with E-state index in [2.05, 4.69) is 5.32 Å². The molecule has 0 radical (unpaired) electrons. The number of carbonyl (C=O) groups is 2. The first-order valence-electron chi connectivity index (χ1n) is 5.40. The summed E-state index contributed by atoms with van der Waals surface area (Å²) in [6, 6.07) is 5.87. The third-order valence-electron chi connectivity index (χ3n) is 3.07. The Hall–Kier alpha value is -1.41. The van der Waals surface area contributed by atoms with E-state index in [0.717, 1.165) is 0 Å². The zero-order valence-electron chi connectivity index (χ0n) is 9.20. The van der Waals surface area contributed by atoms with Crippen molar-refractivity contribution in [1.29, 1.82) is 0 Å². The van der Waals surface area contributed by atoms with Crippen LogP contribution in [0.2, 0.25) is 0 Å². The van der Waals surface area contributed by atoms with Gasteiger partial charge in [-0.05, 0) is 12.1 Å². The van der Waals surface area contributed by atoms with Crippen LogP contribution in [0.15, 0.2) is 29.2 Å². The molecule has 3 rings (SSSR count). The van der Waals surface area contributed by atoms with Crippen LogP contribution in [0.5, 0.6) is 0 Å². The standard InChI is InChI=1S/C11H10N2O4S/c14-9-5-7(10(15)12-9)13-11(16)6-3-1-2-4-8(6)18(13)17/h1-4,7,11,16H,5H2,(H,12,14,15). The van der Waals surface area contributed by atoms with E-state index in [1.54, 1.807) is 24.3 Å². The summed E-state index contributed by atoms with van der Waals surface area (Å²) < 4.78 is 13.4. The number of nitrogens with one attached hydrogen (secondary N) is 1. The van der Waals surface area contributed by atoms with E-state index in [-0.39, 0.29) is 6.42 Å². The molecule has 1 fully saturated rings. The number of rotatable bonds is 1. The molecule has 0 aliphatic carbocycles. The number of amides is 2. The maximum Gasteiger partial charge on any atom is 0.249 e. The fraction of sp³-hybridized carbons (Fsp3) is 0.273. The second-order valence-corrected chi connectivity index (χ2v) is 5.51. The summed E-state index contributed by atoms with van der Waals surface area (Å²) in [5.41, 5.74) is 0.517. The monoisotopic (exact) mass is 266 g/mol. The van der Waals surface area contributed by atoms with E-state index in [1.807, 2.05) is 0 Å². The van der Waals surface area contributed by atoms with Gasteiger partial charge in [0.2, 0.25) is 11.8 Å². The van der Waals surface area contributed by atoms with Crippen molar-refractivity contribution in [3.63, 3.8) is 0 Å². The Morgan fingerprint density at radius 3 is 2.72 bits per heavy atom. The highest BCUT2D eigenvalue weighted by Gasteiger charge is 2.51. The third kappa shape index (κ3) is 1.56. The number of benzene rings is 1. The molecule has 0 aromatic heterocycles. The van der Waals surface area contributed by atoms with Crippen LogP contribution in [0.4, 0.5) is 0 Å². The lowest BCUT2D eigenvalue weighted by molar-refractivity contribution is -0.126. The number of hydrogen-bond acceptors (Lipinski definition) is 5. The van der Waals surface area contributed by atoms with E-state index >= 15 is 0 Å². The lowest BCUT2D eigenvalue weighted by Gasteiger charge is -2.23. The van der Waals surface area contributed by atoms with Gasteiger partial charge in [0.1, 0.15) is 6.04 Å². The zero-order valence-corrected chi connectivity index (χ0v) is 10.0. The molecule has 1 saturated heterocycles. The largest absolute Gasteiger partial charge is 0.593 e. The Labute approximate surface area is 106 Å². The van der Waals surface area contributed by atoms with Gasteiger partial charge in [-0.15, -0.1) is 0 Å². The molecular formula is C11H10N2O4S. The summed E-state index contributed by atoms with van der Waals surface area (Å²) in [6.07, 6.45) is -1.20. The van der Waals surface area contributed by atoms with Crippen LogP contribution in [0.3, 0.4) is 0 Å². The Bertz CT molecular complexity index is 507. The van der Waals surface area contributed by atoms with Crippen molar-refractivity contribution in [3.8, 4) is 0 Å². The van der Waals surface area contributed by atoms with Gasteiger partial charge < -0.3 is 9.66 Å². The fourth-order valence-electron chi connectivity index (χ4n) is 2.23. The Morgan fingerprint density at radius 2 is 2.11 bits per heavy atom. The summed E-state index contributed by atoms with van der Waals surface area (Å²) in [4.78, 5) is 23.2. The van der Waals surface area contributed by atoms with E-state index in [0.29, 0.717) is 10.5 Å². The summed E-state index contributed by atoms with van der Waals surface area (Å²) in [7, 11) is 0. The molecule has 94 valence electrons. The second kappa shape index (κ2) is 4.06. The minimum Gasteiger partial charge on any atom is -0.593 e. The topological polar surface area (TPSA) is 92.7 Å². The van der Waals surface area contributed by atoms with Gasteiger partial charge in [0.25, 0.3) is 0 Å². The van der Waals surface area contributed by atoms with Crippen LogP contribution in [-0.4, -0.2) is 31.8 Å². The van der Waals surface area contributed by atoms with Crippen molar-refractivity contribution in [1.82, 2.24) is 9.62 Å². The Morgan fingerprint density at radius 1 is 1.39 bits per heavy atom. The van der Waals surface area contributed by atoms with Crippen molar-refractivity contribution in [2.45, 2.75) is 23.6 Å². The number of imide groups is 1. The summed E-state index contributed by atoms with van der Waals surface area (Å²) in [5, 5.41) is 12.3. The fourth-order valence-corrected chi connectivity index (χ4v) is 3.72. The number of carbonyl (C=O) groups excluding carboxylic acids is 2. The van der Waals surface area contributed by atoms with Crippen LogP contribution >= 0.6 is 0 Å². The van der Waals surface area contributed by atoms with E-state index in [4.69, 9.17) is 0 Å². The van der Waals surface area contributed by atoms with Gasteiger partial charge in [0.05, 0.1) is 23.3 Å². The van der Waals surface area contributed by atoms with Crippen molar-refractivity contribution in [2.75, 3.05) is 0 Å². The quantitative estimate of drug-likeness (QED) is 0.524. The number of fused-ring (bicyclic) bond motifs is 1. The molecule has 0 saturated carbocycles. The van der Waals surface area contributed by atoms with Crippen LogP contribution in [0.25, 0.3) is 0 Å². The summed E-state index contributed by atoms with van der Waals surface area (Å²) in [5.74, 6) is -0.926. The molecular weight excluding hydrogens is 256 g/mol. The lowest BCUT2D eigenvalue weighted by atomic mass is 10.1. The Balaban J connectivity index is 1.97. The first-order valence-corrected chi connectivity index (χ1v) is 6.51. The first kappa shape index (κ1) is 11.7. The zero-order chi connectivity index (χ0) is 12.9. The molecule has 3 unspecified atom stereocenters. The minimum atomic E-state index is -1.62. The van der Waals surface area contributed by atoms with Crippen molar-refractivity contribution in [3.05, 3.63) is 29.8 Å². The second-order valence-electron chi connectivity index (χ2n) is 4.15. The van der Waals surface area contributed by atoms with Crippen LogP contribution in [0, 0.1) is 0 Å². The molecule has 0 spiro atoms. The molecule has 1 aromatic rings. The van der Waals surface area contributed by atoms with Gasteiger partial charge in [-0.2, -0.15) is 0 Å². The molecule has 3 atom stereocenters. The highest BCUT2D eigenvalue weighted by molar-refractivity contribution is 7.89. The third-order valence-corrected chi connectivity index (χ3v) is 4.65. The van der Waals surface area contributed by atoms with E-state index in [9.17, 15) is 19.2 Å². The molecule has 2 aliphatic rings. The van der Waals surface area contributed by atoms with Crippen LogP contribution < -0.4 is 5.32 Å². The molecule has 1 aromatic carbocycles. The smallest absolute Gasteiger partial charge is 0.249 e. The highest BCUT2D eigenvalue weighted by atomic mass is 32.2. The molecule has 0 bridgehead atoms. The molecule has 6 nitrogen and oxygen atoms in total. The molecule has 18 heavy (non-hydrogen) atoms. The number of hydrogen-bond donors (Lipinski definition) is 2. The van der Waals surface area contributed by atoms with E-state index < -0.39 is 35.4 Å². The highest BCUT2D eigenvalue weighted by Crippen LogP contribution is 2.40. The molecule has 2 amide bonds. The number of aliphatic hydroxyl groups is 1. The predicted octanol–water partition coefficient (Wildman–Crippen LogP) is -0.569. The maximum atomic E-state index is 12.2. The molecule has 7 heteroatoms. The van der Waals surface area contributed by atoms with Crippen LogP contribution in [0.1, 0.15) is 18.2 Å². The van der Waals surface area contributed by atoms with Gasteiger partial charge in [-0.1, -0.05) is 16.4 Å². The van der Waals surface area contributed by atoms with Gasteiger partial charge in [0, 0.05) is 0 Å². The molecule has 2 aliphatic heterocycles. The SMILES string of the molecule is O=C1CC(N2C(O)c3ccccc3[S+]2[O-])C(=O)N1. The lowest BCUT2D eigenvalue weighted by Crippen LogP contribution is -2.42. The average Bonchev–Trinajstić information content (AvgIpc) is 2.79. The van der Waals surface area contributed by atoms with Gasteiger partial charge in [0.15, 0.2) is 11.1 Å². The van der Waals surface area contributed by atoms with Gasteiger partial charge in [-0.3, -0.25) is 14.9 Å². The molecule has 2 N–H and O–H groups in total. The van der Waals surface area contributed by atoms with Crippen molar-refractivity contribution < 1.29 is 19.2 Å². The Kier molecular flexibility index (Phi) is 2.63. The molecule has 2 heterocycles. The van der Waals surface area contributed by atoms with Gasteiger partial charge >= 0.3 is 0 Å². The first-order chi connectivity index (χ1) is 8.59. The van der Waals surface area contributed by atoms with Crippen LogP contribution in [-0.2, 0) is 21.0 Å². The van der Waals surface area contributed by atoms with Gasteiger partial charge in [-0.25, -0.2) is 0 Å². The summed E-state index contributed by atoms with van der Waals surface area (Å²) >= 11 is -1.62. The minimum absolute atomic E-state index is 0.0738. The van der Waals surface area contributed by atoms with Crippen molar-refractivity contribution in [2.24, 2.45) is 0 Å². The van der Waals surface area contributed by atoms with Crippen molar-refractivity contribution >= 4 is 23.2 Å². The average molecular weight is 266 g/mol. The predicted molar refractivity (Wildman–Crippen MR) is 61.2 cm³/mol.